The first-order valence-electron chi connectivity index (χ1n) is 7.89. The molecule has 104 valence electrons. The Bertz CT molecular complexity index is 270. The summed E-state index contributed by atoms with van der Waals surface area (Å²) in [5.74, 6) is 0. The van der Waals surface area contributed by atoms with Crippen LogP contribution in [0.1, 0.15) is 51.9 Å². The summed E-state index contributed by atoms with van der Waals surface area (Å²) in [5, 5.41) is 3.55. The highest BCUT2D eigenvalue weighted by molar-refractivity contribution is 4.94. The van der Waals surface area contributed by atoms with Crippen molar-refractivity contribution >= 4 is 0 Å². The minimum absolute atomic E-state index is 0.259. The zero-order valence-electron chi connectivity index (χ0n) is 11.8. The minimum atomic E-state index is 0.259. The lowest BCUT2D eigenvalue weighted by molar-refractivity contribution is -0.126. The fraction of sp³-hybridized carbons (Fsp3) is 1.00. The molecule has 1 spiro atoms. The van der Waals surface area contributed by atoms with Crippen molar-refractivity contribution in [2.24, 2.45) is 0 Å². The monoisotopic (exact) mass is 252 g/mol. The van der Waals surface area contributed by atoms with Crippen LogP contribution in [-0.2, 0) is 4.74 Å². The molecule has 3 aliphatic rings. The second-order valence-electron chi connectivity index (χ2n) is 6.59. The maximum absolute atomic E-state index is 6.21. The standard InChI is InChI=1S/C15H28N2O/c1-13-12-17(9-8-16-13)14-5-10-18-15(11-14)6-3-2-4-7-15/h13-14,16H,2-12H2,1H3. The van der Waals surface area contributed by atoms with Crippen LogP contribution in [0.5, 0.6) is 0 Å². The molecular weight excluding hydrogens is 224 g/mol. The van der Waals surface area contributed by atoms with Crippen molar-refractivity contribution in [1.29, 1.82) is 0 Å². The first-order chi connectivity index (χ1) is 8.77. The first-order valence-corrected chi connectivity index (χ1v) is 7.89. The van der Waals surface area contributed by atoms with Gasteiger partial charge in [0.15, 0.2) is 0 Å². The molecule has 3 nitrogen and oxygen atoms in total. The topological polar surface area (TPSA) is 24.5 Å². The van der Waals surface area contributed by atoms with Crippen LogP contribution in [0.4, 0.5) is 0 Å². The number of rotatable bonds is 1. The zero-order chi connectivity index (χ0) is 12.4. The number of nitrogens with one attached hydrogen (secondary N) is 1. The van der Waals surface area contributed by atoms with Crippen LogP contribution in [0, 0.1) is 0 Å². The van der Waals surface area contributed by atoms with Crippen molar-refractivity contribution in [1.82, 2.24) is 10.2 Å². The second-order valence-corrected chi connectivity index (χ2v) is 6.59. The molecule has 2 atom stereocenters. The Hall–Kier alpha value is -0.120. The average Bonchev–Trinajstić information content (AvgIpc) is 2.40. The molecule has 2 saturated heterocycles. The van der Waals surface area contributed by atoms with E-state index in [1.54, 1.807) is 0 Å². The summed E-state index contributed by atoms with van der Waals surface area (Å²) < 4.78 is 6.21. The van der Waals surface area contributed by atoms with Gasteiger partial charge in [0.1, 0.15) is 0 Å². The van der Waals surface area contributed by atoms with Gasteiger partial charge in [-0.05, 0) is 32.6 Å². The Morgan fingerprint density at radius 2 is 2.06 bits per heavy atom. The third-order valence-electron chi connectivity index (χ3n) is 5.15. The highest BCUT2D eigenvalue weighted by atomic mass is 16.5. The third-order valence-corrected chi connectivity index (χ3v) is 5.15. The van der Waals surface area contributed by atoms with Crippen LogP contribution >= 0.6 is 0 Å². The van der Waals surface area contributed by atoms with Crippen molar-refractivity contribution in [2.45, 2.75) is 69.6 Å². The number of hydrogen-bond donors (Lipinski definition) is 1. The molecule has 2 aliphatic heterocycles. The molecule has 2 heterocycles. The molecule has 1 saturated carbocycles. The molecule has 1 aliphatic carbocycles. The number of ether oxygens (including phenoxy) is 1. The Labute approximate surface area is 111 Å². The number of nitrogens with zero attached hydrogens (tertiary/aromatic N) is 1. The molecule has 0 aromatic heterocycles. The Morgan fingerprint density at radius 3 is 2.83 bits per heavy atom. The number of piperazine rings is 1. The predicted molar refractivity (Wildman–Crippen MR) is 73.8 cm³/mol. The van der Waals surface area contributed by atoms with E-state index < -0.39 is 0 Å². The van der Waals surface area contributed by atoms with E-state index in [2.05, 4.69) is 17.1 Å². The summed E-state index contributed by atoms with van der Waals surface area (Å²) in [6, 6.07) is 1.44. The first kappa shape index (κ1) is 12.9. The van der Waals surface area contributed by atoms with Crippen LogP contribution in [-0.4, -0.2) is 48.8 Å². The van der Waals surface area contributed by atoms with Gasteiger partial charge < -0.3 is 10.1 Å². The maximum Gasteiger partial charge on any atom is 0.0697 e. The summed E-state index contributed by atoms with van der Waals surface area (Å²) in [5.41, 5.74) is 0.259. The van der Waals surface area contributed by atoms with Crippen LogP contribution in [0.3, 0.4) is 0 Å². The lowest BCUT2D eigenvalue weighted by Crippen LogP contribution is -2.56. The molecule has 0 aromatic rings. The molecule has 3 rings (SSSR count). The molecular formula is C15H28N2O. The van der Waals surface area contributed by atoms with Gasteiger partial charge in [-0.1, -0.05) is 19.3 Å². The minimum Gasteiger partial charge on any atom is -0.375 e. The van der Waals surface area contributed by atoms with Gasteiger partial charge in [0.05, 0.1) is 5.60 Å². The molecule has 0 amide bonds. The third kappa shape index (κ3) is 2.73. The molecule has 3 heteroatoms. The SMILES string of the molecule is CC1CN(C2CCOC3(CCCCC3)C2)CCN1. The summed E-state index contributed by atoms with van der Waals surface area (Å²) in [6.07, 6.45) is 9.33. The zero-order valence-corrected chi connectivity index (χ0v) is 11.8. The van der Waals surface area contributed by atoms with E-state index in [4.69, 9.17) is 4.74 Å². The van der Waals surface area contributed by atoms with Crippen molar-refractivity contribution in [3.8, 4) is 0 Å². The van der Waals surface area contributed by atoms with Crippen molar-refractivity contribution in [3.05, 3.63) is 0 Å². The van der Waals surface area contributed by atoms with E-state index in [0.717, 1.165) is 19.2 Å². The summed E-state index contributed by atoms with van der Waals surface area (Å²) in [6.45, 7) is 6.90. The van der Waals surface area contributed by atoms with Gasteiger partial charge in [-0.15, -0.1) is 0 Å². The Balaban J connectivity index is 1.62. The fourth-order valence-corrected chi connectivity index (χ4v) is 4.15. The lowest BCUT2D eigenvalue weighted by Gasteiger charge is -2.48. The average molecular weight is 252 g/mol. The molecule has 0 bridgehead atoms. The van der Waals surface area contributed by atoms with E-state index >= 15 is 0 Å². The Kier molecular flexibility index (Phi) is 3.92. The molecule has 1 N–H and O–H groups in total. The summed E-state index contributed by atoms with van der Waals surface area (Å²) >= 11 is 0. The molecule has 2 unspecified atom stereocenters. The predicted octanol–water partition coefficient (Wildman–Crippen LogP) is 2.16. The van der Waals surface area contributed by atoms with Crippen LogP contribution < -0.4 is 5.32 Å². The normalized spacial score (nSPS) is 37.8. The van der Waals surface area contributed by atoms with Crippen LogP contribution in [0.15, 0.2) is 0 Å². The van der Waals surface area contributed by atoms with Gasteiger partial charge in [0, 0.05) is 38.3 Å². The highest BCUT2D eigenvalue weighted by Gasteiger charge is 2.40. The van der Waals surface area contributed by atoms with E-state index in [1.165, 1.54) is 58.0 Å². The number of hydrogen-bond acceptors (Lipinski definition) is 3. The summed E-state index contributed by atoms with van der Waals surface area (Å²) in [4.78, 5) is 2.72. The van der Waals surface area contributed by atoms with Crippen molar-refractivity contribution in [3.63, 3.8) is 0 Å². The fourth-order valence-electron chi connectivity index (χ4n) is 4.15. The molecule has 0 aromatic carbocycles. The van der Waals surface area contributed by atoms with E-state index in [0.29, 0.717) is 6.04 Å². The van der Waals surface area contributed by atoms with E-state index in [1.807, 2.05) is 0 Å². The van der Waals surface area contributed by atoms with E-state index in [9.17, 15) is 0 Å². The van der Waals surface area contributed by atoms with Gasteiger partial charge in [0.25, 0.3) is 0 Å². The molecule has 18 heavy (non-hydrogen) atoms. The van der Waals surface area contributed by atoms with Gasteiger partial charge in [-0.3, -0.25) is 4.90 Å². The van der Waals surface area contributed by atoms with Crippen molar-refractivity contribution < 1.29 is 4.74 Å². The van der Waals surface area contributed by atoms with Gasteiger partial charge in [-0.2, -0.15) is 0 Å². The molecule has 3 fully saturated rings. The van der Waals surface area contributed by atoms with E-state index in [-0.39, 0.29) is 5.60 Å². The smallest absolute Gasteiger partial charge is 0.0697 e. The second kappa shape index (κ2) is 5.48. The largest absolute Gasteiger partial charge is 0.375 e. The van der Waals surface area contributed by atoms with Gasteiger partial charge in [0.2, 0.25) is 0 Å². The lowest BCUT2D eigenvalue weighted by atomic mass is 9.78. The molecule has 0 radical (unpaired) electrons. The Morgan fingerprint density at radius 1 is 1.22 bits per heavy atom. The highest BCUT2D eigenvalue weighted by Crippen LogP contribution is 2.39. The van der Waals surface area contributed by atoms with Gasteiger partial charge in [-0.25, -0.2) is 0 Å². The van der Waals surface area contributed by atoms with Crippen molar-refractivity contribution in [2.75, 3.05) is 26.2 Å². The van der Waals surface area contributed by atoms with Crippen LogP contribution in [0.25, 0.3) is 0 Å². The van der Waals surface area contributed by atoms with Gasteiger partial charge >= 0.3 is 0 Å². The van der Waals surface area contributed by atoms with Crippen LogP contribution in [0.2, 0.25) is 0 Å². The maximum atomic E-state index is 6.21. The summed E-state index contributed by atoms with van der Waals surface area (Å²) in [7, 11) is 0. The quantitative estimate of drug-likeness (QED) is 0.774.